The van der Waals surface area contributed by atoms with Crippen LogP contribution in [0, 0.1) is 0 Å². The van der Waals surface area contributed by atoms with Crippen LogP contribution in [0.5, 0.6) is 0 Å². The van der Waals surface area contributed by atoms with Gasteiger partial charge in [0.05, 0.1) is 18.3 Å². The summed E-state index contributed by atoms with van der Waals surface area (Å²) in [6.07, 6.45) is 0.877. The average molecular weight is 228 g/mol. The van der Waals surface area contributed by atoms with Gasteiger partial charge in [0.15, 0.2) is 0 Å². The van der Waals surface area contributed by atoms with Gasteiger partial charge in [-0.2, -0.15) is 0 Å². The number of fused-ring (bicyclic) bond motifs is 1. The van der Waals surface area contributed by atoms with Gasteiger partial charge in [-0.05, 0) is 22.4 Å². The summed E-state index contributed by atoms with van der Waals surface area (Å²) in [5, 5.41) is 11.3. The Hall–Kier alpha value is -1.87. The highest BCUT2D eigenvalue weighted by Gasteiger charge is 2.26. The number of carboxylic acids is 1. The lowest BCUT2D eigenvalue weighted by atomic mass is 9.95. The summed E-state index contributed by atoms with van der Waals surface area (Å²) in [5.41, 5.74) is 1.28. The van der Waals surface area contributed by atoms with E-state index in [1.54, 1.807) is 6.07 Å². The first-order valence-electron chi connectivity index (χ1n) is 5.61. The molecule has 1 N–H and O–H groups in total. The molecule has 1 aliphatic rings. The molecule has 0 saturated carbocycles. The van der Waals surface area contributed by atoms with Gasteiger partial charge in [0.25, 0.3) is 0 Å². The summed E-state index contributed by atoms with van der Waals surface area (Å²) in [6, 6.07) is 11.4. The number of aromatic carboxylic acids is 1. The minimum Gasteiger partial charge on any atom is -0.478 e. The molecule has 0 bridgehead atoms. The van der Waals surface area contributed by atoms with Crippen LogP contribution in [0.3, 0.4) is 0 Å². The Morgan fingerprint density at radius 3 is 2.76 bits per heavy atom. The largest absolute Gasteiger partial charge is 0.478 e. The third-order valence-corrected chi connectivity index (χ3v) is 3.11. The lowest BCUT2D eigenvalue weighted by Gasteiger charge is -2.09. The van der Waals surface area contributed by atoms with Gasteiger partial charge >= 0.3 is 5.97 Å². The van der Waals surface area contributed by atoms with E-state index in [0.29, 0.717) is 12.0 Å². The number of carbonyl (C=O) groups is 1. The normalized spacial score (nSPS) is 18.2. The van der Waals surface area contributed by atoms with Gasteiger partial charge in [0.2, 0.25) is 0 Å². The van der Waals surface area contributed by atoms with Crippen molar-refractivity contribution in [3.05, 3.63) is 47.5 Å². The third kappa shape index (κ3) is 1.89. The van der Waals surface area contributed by atoms with E-state index in [2.05, 4.69) is 0 Å². The van der Waals surface area contributed by atoms with E-state index in [9.17, 15) is 9.90 Å². The molecule has 1 fully saturated rings. The molecule has 1 heterocycles. The Labute approximate surface area is 98.6 Å². The van der Waals surface area contributed by atoms with Gasteiger partial charge in [-0.3, -0.25) is 0 Å². The fourth-order valence-corrected chi connectivity index (χ4v) is 2.17. The van der Waals surface area contributed by atoms with Crippen LogP contribution in [0.15, 0.2) is 36.4 Å². The van der Waals surface area contributed by atoms with Gasteiger partial charge in [-0.15, -0.1) is 0 Å². The molecule has 2 aromatic rings. The number of ether oxygens (including phenoxy) is 1. The second-order valence-electron chi connectivity index (χ2n) is 4.28. The monoisotopic (exact) mass is 228 g/mol. The van der Waals surface area contributed by atoms with E-state index in [1.807, 2.05) is 30.3 Å². The molecule has 17 heavy (non-hydrogen) atoms. The van der Waals surface area contributed by atoms with Crippen LogP contribution < -0.4 is 0 Å². The molecule has 0 aliphatic carbocycles. The number of benzene rings is 2. The molecule has 0 amide bonds. The van der Waals surface area contributed by atoms with E-state index >= 15 is 0 Å². The van der Waals surface area contributed by atoms with Crippen LogP contribution in [0.2, 0.25) is 0 Å². The smallest absolute Gasteiger partial charge is 0.335 e. The molecule has 86 valence electrons. The topological polar surface area (TPSA) is 49.8 Å². The van der Waals surface area contributed by atoms with Gasteiger partial charge in [-0.25, -0.2) is 4.79 Å². The zero-order valence-electron chi connectivity index (χ0n) is 9.22. The van der Waals surface area contributed by atoms with E-state index in [-0.39, 0.29) is 6.10 Å². The first kappa shape index (κ1) is 10.3. The number of rotatable bonds is 3. The Morgan fingerprint density at radius 2 is 2.06 bits per heavy atom. The van der Waals surface area contributed by atoms with Crippen molar-refractivity contribution < 1.29 is 14.6 Å². The van der Waals surface area contributed by atoms with Crippen LogP contribution in [0.1, 0.15) is 15.9 Å². The SMILES string of the molecule is O=C(O)c1ccc2ccccc2c1CC1CO1. The predicted octanol–water partition coefficient (Wildman–Crippen LogP) is 2.48. The fourth-order valence-electron chi connectivity index (χ4n) is 2.17. The maximum Gasteiger partial charge on any atom is 0.335 e. The number of hydrogen-bond donors (Lipinski definition) is 1. The molecule has 1 unspecified atom stereocenters. The molecule has 3 heteroatoms. The van der Waals surface area contributed by atoms with Gasteiger partial charge in [0.1, 0.15) is 0 Å². The second kappa shape index (κ2) is 3.86. The standard InChI is InChI=1S/C14H12O3/c15-14(16)12-6-5-9-3-1-2-4-11(9)13(12)7-10-8-17-10/h1-6,10H,7-8H2,(H,15,16). The molecule has 1 saturated heterocycles. The third-order valence-electron chi connectivity index (χ3n) is 3.11. The van der Waals surface area contributed by atoms with Gasteiger partial charge in [-0.1, -0.05) is 30.3 Å². The van der Waals surface area contributed by atoms with E-state index < -0.39 is 5.97 Å². The van der Waals surface area contributed by atoms with Crippen molar-refractivity contribution in [2.24, 2.45) is 0 Å². The molecule has 3 nitrogen and oxygen atoms in total. The van der Waals surface area contributed by atoms with Crippen molar-refractivity contribution >= 4 is 16.7 Å². The van der Waals surface area contributed by atoms with E-state index in [4.69, 9.17) is 4.74 Å². The summed E-state index contributed by atoms with van der Waals surface area (Å²) in [4.78, 5) is 11.2. The van der Waals surface area contributed by atoms with Crippen molar-refractivity contribution in [3.8, 4) is 0 Å². The van der Waals surface area contributed by atoms with Gasteiger partial charge < -0.3 is 9.84 Å². The summed E-state index contributed by atoms with van der Waals surface area (Å²) in [5.74, 6) is -0.869. The van der Waals surface area contributed by atoms with Crippen molar-refractivity contribution in [1.29, 1.82) is 0 Å². The molecule has 2 aromatic carbocycles. The minimum atomic E-state index is -0.869. The summed E-state index contributed by atoms with van der Waals surface area (Å²) < 4.78 is 5.20. The van der Waals surface area contributed by atoms with Crippen LogP contribution in [0.25, 0.3) is 10.8 Å². The summed E-state index contributed by atoms with van der Waals surface area (Å²) in [6.45, 7) is 0.738. The molecule has 1 atom stereocenters. The molecule has 0 aromatic heterocycles. The van der Waals surface area contributed by atoms with Crippen molar-refractivity contribution in [2.75, 3.05) is 6.61 Å². The van der Waals surface area contributed by atoms with E-state index in [1.165, 1.54) is 0 Å². The highest BCUT2D eigenvalue weighted by Crippen LogP contribution is 2.27. The summed E-state index contributed by atoms with van der Waals surface area (Å²) in [7, 11) is 0. The quantitative estimate of drug-likeness (QED) is 0.821. The zero-order valence-corrected chi connectivity index (χ0v) is 9.22. The van der Waals surface area contributed by atoms with Crippen LogP contribution in [-0.4, -0.2) is 23.8 Å². The highest BCUT2D eigenvalue weighted by atomic mass is 16.6. The molecule has 3 rings (SSSR count). The zero-order chi connectivity index (χ0) is 11.8. The molecule has 0 spiro atoms. The Morgan fingerprint density at radius 1 is 1.29 bits per heavy atom. The predicted molar refractivity (Wildman–Crippen MR) is 64.4 cm³/mol. The van der Waals surface area contributed by atoms with Crippen molar-refractivity contribution in [1.82, 2.24) is 0 Å². The first-order chi connectivity index (χ1) is 8.25. The molecule has 0 radical (unpaired) electrons. The van der Waals surface area contributed by atoms with Crippen LogP contribution in [-0.2, 0) is 11.2 Å². The highest BCUT2D eigenvalue weighted by molar-refractivity contribution is 5.97. The van der Waals surface area contributed by atoms with Crippen LogP contribution >= 0.6 is 0 Å². The Kier molecular flexibility index (Phi) is 2.34. The van der Waals surface area contributed by atoms with Crippen molar-refractivity contribution in [3.63, 3.8) is 0 Å². The molecular weight excluding hydrogens is 216 g/mol. The Balaban J connectivity index is 2.21. The number of epoxide rings is 1. The maximum atomic E-state index is 11.2. The van der Waals surface area contributed by atoms with Crippen LogP contribution in [0.4, 0.5) is 0 Å². The number of carboxylic acid groups (broad SMARTS) is 1. The van der Waals surface area contributed by atoms with Crippen molar-refractivity contribution in [2.45, 2.75) is 12.5 Å². The minimum absolute atomic E-state index is 0.193. The lowest BCUT2D eigenvalue weighted by Crippen LogP contribution is -2.05. The average Bonchev–Trinajstić information content (AvgIpc) is 3.13. The van der Waals surface area contributed by atoms with E-state index in [0.717, 1.165) is 22.9 Å². The Bertz CT molecular complexity index is 585. The molecular formula is C14H12O3. The molecule has 1 aliphatic heterocycles. The lowest BCUT2D eigenvalue weighted by molar-refractivity contribution is 0.0696. The number of hydrogen-bond acceptors (Lipinski definition) is 2. The fraction of sp³-hybridized carbons (Fsp3) is 0.214. The second-order valence-corrected chi connectivity index (χ2v) is 4.28. The summed E-state index contributed by atoms with van der Waals surface area (Å²) >= 11 is 0. The van der Waals surface area contributed by atoms with Gasteiger partial charge in [0, 0.05) is 6.42 Å². The maximum absolute atomic E-state index is 11.2. The first-order valence-corrected chi connectivity index (χ1v) is 5.61.